The Balaban J connectivity index is 3.06. The van der Waals surface area contributed by atoms with Gasteiger partial charge in [-0.15, -0.1) is 0 Å². The second-order valence-electron chi connectivity index (χ2n) is 4.47. The largest absolute Gasteiger partial charge is 0.256 e. The highest BCUT2D eigenvalue weighted by Crippen LogP contribution is 2.10. The highest BCUT2D eigenvalue weighted by molar-refractivity contribution is 4.86. The van der Waals surface area contributed by atoms with Gasteiger partial charge in [0.15, 0.2) is 0 Å². The fourth-order valence-electron chi connectivity index (χ4n) is 1.87. The molecule has 0 atom stereocenters. The lowest BCUT2D eigenvalue weighted by Gasteiger charge is -2.08. The van der Waals surface area contributed by atoms with Gasteiger partial charge in [-0.2, -0.15) is 0 Å². The summed E-state index contributed by atoms with van der Waals surface area (Å²) in [5, 5.41) is 0. The smallest absolute Gasteiger partial charge is 0.232 e. The quantitative estimate of drug-likeness (QED) is 0.653. The molecule has 1 aromatic heterocycles. The first-order valence-electron chi connectivity index (χ1n) is 5.68. The second-order valence-corrected chi connectivity index (χ2v) is 4.47. The average Bonchev–Trinajstić information content (AvgIpc) is 2.48. The summed E-state index contributed by atoms with van der Waals surface area (Å²) in [6, 6.07) is 1.13. The molecule has 1 heterocycles. The number of imidazole rings is 1. The summed E-state index contributed by atoms with van der Waals surface area (Å²) in [6.45, 7) is 11.2. The molecular formula is C12H23N2+. The first kappa shape index (κ1) is 11.3. The zero-order valence-electron chi connectivity index (χ0n) is 10.1. The molecule has 0 aliphatic rings. The Bertz CT molecular complexity index is 259. The van der Waals surface area contributed by atoms with Crippen LogP contribution < -0.4 is 4.57 Å². The molecule has 0 radical (unpaired) electrons. The number of aromatic nitrogens is 2. The van der Waals surface area contributed by atoms with E-state index in [1.54, 1.807) is 0 Å². The maximum Gasteiger partial charge on any atom is 0.256 e. The van der Waals surface area contributed by atoms with E-state index in [-0.39, 0.29) is 0 Å². The van der Waals surface area contributed by atoms with Crippen molar-refractivity contribution in [1.82, 2.24) is 4.57 Å². The van der Waals surface area contributed by atoms with Crippen molar-refractivity contribution in [3.8, 4) is 0 Å². The number of hydrogen-bond donors (Lipinski definition) is 0. The summed E-state index contributed by atoms with van der Waals surface area (Å²) in [7, 11) is 0. The van der Waals surface area contributed by atoms with E-state index in [2.05, 4.69) is 56.1 Å². The molecule has 2 nitrogen and oxygen atoms in total. The van der Waals surface area contributed by atoms with Crippen LogP contribution in [0.3, 0.4) is 0 Å². The molecule has 0 aliphatic heterocycles. The molecule has 0 unspecified atom stereocenters. The maximum atomic E-state index is 2.38. The van der Waals surface area contributed by atoms with Crippen LogP contribution in [0.2, 0.25) is 0 Å². The summed E-state index contributed by atoms with van der Waals surface area (Å²) in [6.07, 6.45) is 6.79. The Labute approximate surface area is 87.6 Å². The minimum atomic E-state index is 0.566. The summed E-state index contributed by atoms with van der Waals surface area (Å²) in [5.41, 5.74) is 0. The number of nitrogens with zero attached hydrogens (tertiary/aromatic N) is 2. The standard InChI is InChI=1S/C12H23N2/c1-6-7-12-13(10(2)3)8-9-14(12)11(4)5/h8-11H,6-7H2,1-5H3/q+1. The predicted octanol–water partition coefficient (Wildman–Crippen LogP) is 2.89. The van der Waals surface area contributed by atoms with Crippen molar-refractivity contribution < 1.29 is 4.57 Å². The Morgan fingerprint density at radius 3 is 2.36 bits per heavy atom. The van der Waals surface area contributed by atoms with Crippen LogP contribution in [0.5, 0.6) is 0 Å². The van der Waals surface area contributed by atoms with Crippen molar-refractivity contribution in [2.45, 2.75) is 59.5 Å². The van der Waals surface area contributed by atoms with E-state index < -0.39 is 0 Å². The van der Waals surface area contributed by atoms with Crippen molar-refractivity contribution in [3.05, 3.63) is 18.2 Å². The average molecular weight is 195 g/mol. The van der Waals surface area contributed by atoms with E-state index in [4.69, 9.17) is 0 Å². The number of rotatable bonds is 4. The van der Waals surface area contributed by atoms with Gasteiger partial charge >= 0.3 is 0 Å². The Morgan fingerprint density at radius 2 is 1.93 bits per heavy atom. The van der Waals surface area contributed by atoms with Crippen LogP contribution in [0.1, 0.15) is 58.9 Å². The maximum absolute atomic E-state index is 2.38. The van der Waals surface area contributed by atoms with Gasteiger partial charge in [-0.05, 0) is 34.1 Å². The minimum absolute atomic E-state index is 0.566. The van der Waals surface area contributed by atoms with E-state index in [0.29, 0.717) is 12.1 Å². The Kier molecular flexibility index (Phi) is 3.73. The topological polar surface area (TPSA) is 8.81 Å². The third-order valence-electron chi connectivity index (χ3n) is 2.57. The van der Waals surface area contributed by atoms with Gasteiger partial charge in [0, 0.05) is 6.42 Å². The zero-order valence-corrected chi connectivity index (χ0v) is 10.1. The van der Waals surface area contributed by atoms with Gasteiger partial charge in [0.2, 0.25) is 0 Å². The van der Waals surface area contributed by atoms with Crippen LogP contribution in [0.15, 0.2) is 12.4 Å². The first-order valence-corrected chi connectivity index (χ1v) is 5.68. The van der Waals surface area contributed by atoms with Gasteiger partial charge < -0.3 is 0 Å². The molecule has 0 bridgehead atoms. The van der Waals surface area contributed by atoms with E-state index >= 15 is 0 Å². The monoisotopic (exact) mass is 195 g/mol. The van der Waals surface area contributed by atoms with Crippen molar-refractivity contribution in [3.63, 3.8) is 0 Å². The molecule has 0 aliphatic carbocycles. The van der Waals surface area contributed by atoms with Crippen LogP contribution in [0, 0.1) is 0 Å². The molecule has 0 saturated carbocycles. The molecule has 0 fully saturated rings. The third-order valence-corrected chi connectivity index (χ3v) is 2.57. The fraction of sp³-hybridized carbons (Fsp3) is 0.750. The lowest BCUT2D eigenvalue weighted by Crippen LogP contribution is -2.39. The lowest BCUT2D eigenvalue weighted by atomic mass is 10.2. The summed E-state index contributed by atoms with van der Waals surface area (Å²) < 4.78 is 4.76. The minimum Gasteiger partial charge on any atom is -0.232 e. The summed E-state index contributed by atoms with van der Waals surface area (Å²) in [4.78, 5) is 0. The Morgan fingerprint density at radius 1 is 1.29 bits per heavy atom. The molecule has 1 rings (SSSR count). The Hall–Kier alpha value is -0.790. The molecule has 14 heavy (non-hydrogen) atoms. The van der Waals surface area contributed by atoms with Gasteiger partial charge in [-0.1, -0.05) is 6.92 Å². The second kappa shape index (κ2) is 4.63. The molecule has 0 spiro atoms. The molecule has 0 N–H and O–H groups in total. The van der Waals surface area contributed by atoms with E-state index in [0.717, 1.165) is 0 Å². The van der Waals surface area contributed by atoms with Gasteiger partial charge in [0.25, 0.3) is 5.82 Å². The van der Waals surface area contributed by atoms with Gasteiger partial charge in [0.05, 0.1) is 12.1 Å². The van der Waals surface area contributed by atoms with Crippen molar-refractivity contribution in [2.75, 3.05) is 0 Å². The van der Waals surface area contributed by atoms with Crippen LogP contribution in [0.4, 0.5) is 0 Å². The van der Waals surface area contributed by atoms with Gasteiger partial charge in [0.1, 0.15) is 12.4 Å². The molecule has 0 amide bonds. The first-order chi connectivity index (χ1) is 6.57. The van der Waals surface area contributed by atoms with E-state index in [1.807, 2.05) is 0 Å². The van der Waals surface area contributed by atoms with Crippen LogP contribution >= 0.6 is 0 Å². The normalized spacial score (nSPS) is 11.6. The molecular weight excluding hydrogens is 172 g/mol. The van der Waals surface area contributed by atoms with Gasteiger partial charge in [-0.3, -0.25) is 0 Å². The summed E-state index contributed by atoms with van der Waals surface area (Å²) >= 11 is 0. The van der Waals surface area contributed by atoms with Crippen molar-refractivity contribution >= 4 is 0 Å². The zero-order chi connectivity index (χ0) is 10.7. The molecule has 1 aromatic rings. The van der Waals surface area contributed by atoms with Crippen molar-refractivity contribution in [1.29, 1.82) is 0 Å². The van der Waals surface area contributed by atoms with E-state index in [1.165, 1.54) is 18.7 Å². The highest BCUT2D eigenvalue weighted by atomic mass is 15.2. The molecule has 2 heteroatoms. The third kappa shape index (κ3) is 2.17. The highest BCUT2D eigenvalue weighted by Gasteiger charge is 2.19. The van der Waals surface area contributed by atoms with Crippen LogP contribution in [0.25, 0.3) is 0 Å². The van der Waals surface area contributed by atoms with Crippen molar-refractivity contribution in [2.24, 2.45) is 0 Å². The van der Waals surface area contributed by atoms with E-state index in [9.17, 15) is 0 Å². The fourth-order valence-corrected chi connectivity index (χ4v) is 1.87. The summed E-state index contributed by atoms with van der Waals surface area (Å²) in [5.74, 6) is 1.46. The van der Waals surface area contributed by atoms with Crippen LogP contribution in [-0.4, -0.2) is 4.57 Å². The molecule has 0 saturated heterocycles. The van der Waals surface area contributed by atoms with Gasteiger partial charge in [-0.25, -0.2) is 9.13 Å². The number of hydrogen-bond acceptors (Lipinski definition) is 0. The molecule has 80 valence electrons. The lowest BCUT2D eigenvalue weighted by molar-refractivity contribution is -0.722. The molecule has 0 aromatic carbocycles. The predicted molar refractivity (Wildman–Crippen MR) is 59.4 cm³/mol. The van der Waals surface area contributed by atoms with Crippen LogP contribution in [-0.2, 0) is 6.42 Å². The SMILES string of the molecule is CCCc1n(C(C)C)cc[n+]1C(C)C.